The number of hydrazine groups is 1. The van der Waals surface area contributed by atoms with Crippen molar-refractivity contribution in [2.24, 2.45) is 0 Å². The van der Waals surface area contributed by atoms with Gasteiger partial charge in [-0.3, -0.25) is 0 Å². The van der Waals surface area contributed by atoms with Crippen LogP contribution in [0.4, 0.5) is 5.69 Å². The van der Waals surface area contributed by atoms with Crippen molar-refractivity contribution in [1.82, 2.24) is 5.43 Å². The zero-order valence-electron chi connectivity index (χ0n) is 7.35. The topological polar surface area (TPSA) is 24.1 Å². The molecule has 1 aromatic carbocycles. The summed E-state index contributed by atoms with van der Waals surface area (Å²) in [6.45, 7) is 0. The molecule has 1 aliphatic rings. The SMILES string of the molecule is CNNc1ccc2c(c1)CCC2. The Balaban J connectivity index is 2.26. The molecule has 12 heavy (non-hydrogen) atoms. The first-order valence-electron chi connectivity index (χ1n) is 4.45. The average Bonchev–Trinajstić information content (AvgIpc) is 2.51. The Morgan fingerprint density at radius 2 is 2.00 bits per heavy atom. The lowest BCUT2D eigenvalue weighted by atomic mass is 10.1. The van der Waals surface area contributed by atoms with Gasteiger partial charge in [-0.2, -0.15) is 0 Å². The van der Waals surface area contributed by atoms with Crippen LogP contribution in [-0.4, -0.2) is 7.05 Å². The van der Waals surface area contributed by atoms with Crippen LogP contribution < -0.4 is 10.9 Å². The number of anilines is 1. The highest BCUT2D eigenvalue weighted by Gasteiger charge is 2.09. The van der Waals surface area contributed by atoms with E-state index in [1.807, 2.05) is 7.05 Å². The molecule has 0 amide bonds. The van der Waals surface area contributed by atoms with Crippen molar-refractivity contribution in [3.8, 4) is 0 Å². The summed E-state index contributed by atoms with van der Waals surface area (Å²) in [7, 11) is 1.88. The molecule has 2 N–H and O–H groups in total. The van der Waals surface area contributed by atoms with E-state index in [2.05, 4.69) is 29.1 Å². The van der Waals surface area contributed by atoms with E-state index < -0.39 is 0 Å². The van der Waals surface area contributed by atoms with Crippen LogP contribution in [0.15, 0.2) is 18.2 Å². The molecule has 1 aliphatic carbocycles. The Bertz CT molecular complexity index is 281. The molecule has 0 fully saturated rings. The van der Waals surface area contributed by atoms with Gasteiger partial charge in [0, 0.05) is 12.7 Å². The van der Waals surface area contributed by atoms with Crippen LogP contribution in [0.1, 0.15) is 17.5 Å². The summed E-state index contributed by atoms with van der Waals surface area (Å²) >= 11 is 0. The van der Waals surface area contributed by atoms with E-state index in [1.165, 1.54) is 30.4 Å². The van der Waals surface area contributed by atoms with Crippen LogP contribution in [0.5, 0.6) is 0 Å². The molecular formula is C10H14N2. The molecule has 2 rings (SSSR count). The molecule has 0 radical (unpaired) electrons. The molecule has 2 nitrogen and oxygen atoms in total. The smallest absolute Gasteiger partial charge is 0.0490 e. The third-order valence-electron chi connectivity index (χ3n) is 2.37. The van der Waals surface area contributed by atoms with Crippen molar-refractivity contribution in [2.45, 2.75) is 19.3 Å². The maximum absolute atomic E-state index is 3.09. The van der Waals surface area contributed by atoms with Gasteiger partial charge in [0.05, 0.1) is 0 Å². The van der Waals surface area contributed by atoms with E-state index in [1.54, 1.807) is 0 Å². The lowest BCUT2D eigenvalue weighted by molar-refractivity contribution is 0.911. The molecule has 0 heterocycles. The lowest BCUT2D eigenvalue weighted by Gasteiger charge is -2.05. The minimum absolute atomic E-state index is 1.16. The van der Waals surface area contributed by atoms with Crippen molar-refractivity contribution < 1.29 is 0 Å². The average molecular weight is 162 g/mol. The Morgan fingerprint density at radius 3 is 2.83 bits per heavy atom. The summed E-state index contributed by atoms with van der Waals surface area (Å²) in [6.07, 6.45) is 3.82. The summed E-state index contributed by atoms with van der Waals surface area (Å²) in [6, 6.07) is 6.58. The van der Waals surface area contributed by atoms with Crippen molar-refractivity contribution in [1.29, 1.82) is 0 Å². The van der Waals surface area contributed by atoms with E-state index >= 15 is 0 Å². The second kappa shape index (κ2) is 3.15. The first-order valence-corrected chi connectivity index (χ1v) is 4.45. The summed E-state index contributed by atoms with van der Waals surface area (Å²) in [5.41, 5.74) is 10.2. The number of hydrogen-bond donors (Lipinski definition) is 2. The fraction of sp³-hybridized carbons (Fsp3) is 0.400. The van der Waals surface area contributed by atoms with Gasteiger partial charge in [0.1, 0.15) is 0 Å². The van der Waals surface area contributed by atoms with Gasteiger partial charge < -0.3 is 5.43 Å². The Hall–Kier alpha value is -1.02. The molecule has 0 spiro atoms. The van der Waals surface area contributed by atoms with Crippen LogP contribution >= 0.6 is 0 Å². The number of aryl methyl sites for hydroxylation is 2. The van der Waals surface area contributed by atoms with Crippen LogP contribution in [0, 0.1) is 0 Å². The van der Waals surface area contributed by atoms with Gasteiger partial charge in [-0.15, -0.1) is 0 Å². The second-order valence-electron chi connectivity index (χ2n) is 3.21. The highest BCUT2D eigenvalue weighted by atomic mass is 15.3. The second-order valence-corrected chi connectivity index (χ2v) is 3.21. The number of rotatable bonds is 2. The van der Waals surface area contributed by atoms with E-state index in [0.717, 1.165) is 5.69 Å². The van der Waals surface area contributed by atoms with E-state index in [0.29, 0.717) is 0 Å². The Morgan fingerprint density at radius 1 is 1.17 bits per heavy atom. The normalized spacial score (nSPS) is 14.4. The number of benzene rings is 1. The van der Waals surface area contributed by atoms with Crippen molar-refractivity contribution >= 4 is 5.69 Å². The van der Waals surface area contributed by atoms with Gasteiger partial charge in [-0.25, -0.2) is 5.43 Å². The minimum Gasteiger partial charge on any atom is -0.322 e. The third-order valence-corrected chi connectivity index (χ3v) is 2.37. The fourth-order valence-electron chi connectivity index (χ4n) is 1.79. The molecule has 2 heteroatoms. The van der Waals surface area contributed by atoms with Gasteiger partial charge in [0.15, 0.2) is 0 Å². The first-order chi connectivity index (χ1) is 5.90. The van der Waals surface area contributed by atoms with Gasteiger partial charge in [0.2, 0.25) is 0 Å². The molecule has 1 aromatic rings. The summed E-state index contributed by atoms with van der Waals surface area (Å²) in [4.78, 5) is 0. The fourth-order valence-corrected chi connectivity index (χ4v) is 1.79. The van der Waals surface area contributed by atoms with Crippen LogP contribution in [-0.2, 0) is 12.8 Å². The molecule has 0 aromatic heterocycles. The number of hydrogen-bond acceptors (Lipinski definition) is 2. The largest absolute Gasteiger partial charge is 0.322 e. The van der Waals surface area contributed by atoms with Crippen LogP contribution in [0.3, 0.4) is 0 Å². The van der Waals surface area contributed by atoms with E-state index in [4.69, 9.17) is 0 Å². The molecular weight excluding hydrogens is 148 g/mol. The monoisotopic (exact) mass is 162 g/mol. The molecule has 0 saturated carbocycles. The molecule has 0 unspecified atom stereocenters. The van der Waals surface area contributed by atoms with Crippen molar-refractivity contribution in [3.05, 3.63) is 29.3 Å². The van der Waals surface area contributed by atoms with E-state index in [9.17, 15) is 0 Å². The minimum atomic E-state index is 1.16. The standard InChI is InChI=1S/C10H14N2/c1-11-12-10-6-5-8-3-2-4-9(8)7-10/h5-7,11-12H,2-4H2,1H3. The Labute approximate surface area is 73.0 Å². The van der Waals surface area contributed by atoms with Crippen molar-refractivity contribution in [3.63, 3.8) is 0 Å². The maximum atomic E-state index is 3.09. The molecule has 0 bridgehead atoms. The van der Waals surface area contributed by atoms with E-state index in [-0.39, 0.29) is 0 Å². The summed E-state index contributed by atoms with van der Waals surface area (Å²) in [5.74, 6) is 0. The lowest BCUT2D eigenvalue weighted by Crippen LogP contribution is -2.14. The van der Waals surface area contributed by atoms with Crippen LogP contribution in [0.25, 0.3) is 0 Å². The van der Waals surface area contributed by atoms with Crippen molar-refractivity contribution in [2.75, 3.05) is 12.5 Å². The zero-order chi connectivity index (χ0) is 8.39. The molecule has 0 atom stereocenters. The highest BCUT2D eigenvalue weighted by molar-refractivity contribution is 5.49. The first kappa shape index (κ1) is 7.62. The third kappa shape index (κ3) is 1.30. The number of fused-ring (bicyclic) bond motifs is 1. The molecule has 64 valence electrons. The van der Waals surface area contributed by atoms with Crippen LogP contribution in [0.2, 0.25) is 0 Å². The van der Waals surface area contributed by atoms with Gasteiger partial charge >= 0.3 is 0 Å². The summed E-state index contributed by atoms with van der Waals surface area (Å²) in [5, 5.41) is 0. The summed E-state index contributed by atoms with van der Waals surface area (Å²) < 4.78 is 0. The maximum Gasteiger partial charge on any atom is 0.0490 e. The number of nitrogens with one attached hydrogen (secondary N) is 2. The van der Waals surface area contributed by atoms with Gasteiger partial charge in [0.25, 0.3) is 0 Å². The van der Waals surface area contributed by atoms with Gasteiger partial charge in [-0.05, 0) is 42.5 Å². The predicted molar refractivity (Wildman–Crippen MR) is 51.1 cm³/mol. The quantitative estimate of drug-likeness (QED) is 0.647. The zero-order valence-corrected chi connectivity index (χ0v) is 7.35. The molecule has 0 aliphatic heterocycles. The Kier molecular flexibility index (Phi) is 2.00. The molecule has 0 saturated heterocycles. The van der Waals surface area contributed by atoms with Gasteiger partial charge in [-0.1, -0.05) is 6.07 Å². The highest BCUT2D eigenvalue weighted by Crippen LogP contribution is 2.24. The predicted octanol–water partition coefficient (Wildman–Crippen LogP) is 1.72.